The smallest absolute Gasteiger partial charge is 0.256 e. The van der Waals surface area contributed by atoms with Crippen molar-refractivity contribution in [3.05, 3.63) is 70.0 Å². The number of carbonyl (C=O) groups excluding carboxylic acids is 2. The number of nitrogens with one attached hydrogen (secondary N) is 3. The van der Waals surface area contributed by atoms with Crippen molar-refractivity contribution in [3.63, 3.8) is 0 Å². The van der Waals surface area contributed by atoms with Crippen LogP contribution in [0.15, 0.2) is 36.4 Å². The third kappa shape index (κ3) is 6.21. The Kier molecular flexibility index (Phi) is 7.83. The molecule has 2 aromatic heterocycles. The van der Waals surface area contributed by atoms with Crippen molar-refractivity contribution in [1.82, 2.24) is 25.4 Å². The van der Waals surface area contributed by atoms with Crippen molar-refractivity contribution in [1.29, 1.82) is 0 Å². The molecule has 3 aromatic rings. The third-order valence-electron chi connectivity index (χ3n) is 7.71. The highest BCUT2D eigenvalue weighted by molar-refractivity contribution is 6.31. The van der Waals surface area contributed by atoms with Gasteiger partial charge in [0.1, 0.15) is 0 Å². The maximum atomic E-state index is 14.6. The number of rotatable bonds is 8. The fourth-order valence-electron chi connectivity index (χ4n) is 5.27. The topological polar surface area (TPSA) is 103 Å². The molecular formula is C28H31ClF2N6O2. The molecule has 1 saturated carbocycles. The number of H-pyrrole nitrogens is 1. The zero-order valence-corrected chi connectivity index (χ0v) is 22.5. The van der Waals surface area contributed by atoms with Gasteiger partial charge in [0.15, 0.2) is 23.3 Å². The number of halogens is 3. The van der Waals surface area contributed by atoms with E-state index in [0.717, 1.165) is 25.0 Å². The minimum absolute atomic E-state index is 0.0344. The number of likely N-dealkylation sites (tertiary alicyclic amines) is 1. The highest BCUT2D eigenvalue weighted by Gasteiger charge is 2.39. The lowest BCUT2D eigenvalue weighted by Gasteiger charge is -2.42. The number of piperidine rings is 1. The number of pyridine rings is 1. The number of anilines is 2. The number of hydrogen-bond acceptors (Lipinski definition) is 5. The lowest BCUT2D eigenvalue weighted by molar-refractivity contribution is -0.125. The van der Waals surface area contributed by atoms with E-state index in [0.29, 0.717) is 43.9 Å². The molecule has 0 atom stereocenters. The number of nitrogens with zero attached hydrogens (tertiary/aromatic N) is 3. The SMILES string of the molecule is Cc1cc(Nc2nc(CC3(CC(=O)NC4CCC4)CCN(C(=O)c4cccc(Cl)c4F)CC3)ccc2F)n[nH]1. The lowest BCUT2D eigenvalue weighted by atomic mass is 9.71. The van der Waals surface area contributed by atoms with Gasteiger partial charge in [-0.05, 0) is 75.1 Å². The number of amides is 2. The Balaban J connectivity index is 1.34. The van der Waals surface area contributed by atoms with Gasteiger partial charge >= 0.3 is 0 Å². The van der Waals surface area contributed by atoms with E-state index in [9.17, 15) is 18.4 Å². The van der Waals surface area contributed by atoms with Crippen LogP contribution in [0.1, 0.15) is 60.3 Å². The Hall–Kier alpha value is -3.53. The first kappa shape index (κ1) is 27.1. The van der Waals surface area contributed by atoms with Crippen LogP contribution in [0.5, 0.6) is 0 Å². The van der Waals surface area contributed by atoms with Crippen molar-refractivity contribution < 1.29 is 18.4 Å². The average molecular weight is 557 g/mol. The second-order valence-electron chi connectivity index (χ2n) is 10.6. The molecule has 39 heavy (non-hydrogen) atoms. The predicted molar refractivity (Wildman–Crippen MR) is 144 cm³/mol. The van der Waals surface area contributed by atoms with Gasteiger partial charge in [-0.15, -0.1) is 0 Å². The second-order valence-corrected chi connectivity index (χ2v) is 11.0. The molecule has 0 bridgehead atoms. The van der Waals surface area contributed by atoms with E-state index in [1.807, 2.05) is 6.92 Å². The minimum Gasteiger partial charge on any atom is -0.353 e. The van der Waals surface area contributed by atoms with E-state index in [4.69, 9.17) is 11.6 Å². The van der Waals surface area contributed by atoms with E-state index in [2.05, 4.69) is 25.8 Å². The summed E-state index contributed by atoms with van der Waals surface area (Å²) in [5.74, 6) is -1.21. The van der Waals surface area contributed by atoms with Crippen LogP contribution in [0, 0.1) is 24.0 Å². The van der Waals surface area contributed by atoms with Crippen molar-refractivity contribution in [2.75, 3.05) is 18.4 Å². The molecule has 0 radical (unpaired) electrons. The molecule has 2 aliphatic rings. The number of aromatic nitrogens is 3. The normalized spacial score (nSPS) is 17.0. The van der Waals surface area contributed by atoms with Gasteiger partial charge in [0, 0.05) is 43.0 Å². The van der Waals surface area contributed by atoms with Crippen molar-refractivity contribution in [2.45, 2.75) is 57.9 Å². The molecule has 11 heteroatoms. The Bertz CT molecular complexity index is 1370. The number of hydrogen-bond donors (Lipinski definition) is 3. The predicted octanol–water partition coefficient (Wildman–Crippen LogP) is 5.31. The van der Waals surface area contributed by atoms with Gasteiger partial charge in [-0.25, -0.2) is 13.8 Å². The van der Waals surface area contributed by atoms with Gasteiger partial charge in [-0.1, -0.05) is 17.7 Å². The van der Waals surface area contributed by atoms with E-state index in [1.54, 1.807) is 23.1 Å². The van der Waals surface area contributed by atoms with Crippen LogP contribution in [0.25, 0.3) is 0 Å². The first-order valence-corrected chi connectivity index (χ1v) is 13.6. The zero-order chi connectivity index (χ0) is 27.6. The van der Waals surface area contributed by atoms with E-state index in [-0.39, 0.29) is 34.8 Å². The molecule has 2 fully saturated rings. The average Bonchev–Trinajstić information content (AvgIpc) is 3.29. The van der Waals surface area contributed by atoms with E-state index >= 15 is 0 Å². The standard InChI is InChI=1S/C28H31ClF2N6O2/c1-17-14-23(36-35-17)34-26-22(30)9-8-19(33-26)15-28(16-24(38)32-18-4-2-5-18)10-12-37(13-11-28)27(39)20-6-3-7-21(29)25(20)31/h3,6-9,14,18H,2,4-5,10-13,15-16H2,1H3,(H,32,38)(H2,33,34,35,36). The van der Waals surface area contributed by atoms with Gasteiger partial charge in [0.2, 0.25) is 5.91 Å². The van der Waals surface area contributed by atoms with Crippen LogP contribution in [0.2, 0.25) is 5.02 Å². The molecule has 1 saturated heterocycles. The third-order valence-corrected chi connectivity index (χ3v) is 8.00. The second kappa shape index (κ2) is 11.3. The monoisotopic (exact) mass is 556 g/mol. The molecule has 0 spiro atoms. The lowest BCUT2D eigenvalue weighted by Crippen LogP contribution is -2.48. The zero-order valence-electron chi connectivity index (χ0n) is 21.7. The fraction of sp³-hybridized carbons (Fsp3) is 0.429. The van der Waals surface area contributed by atoms with Gasteiger partial charge in [-0.3, -0.25) is 14.7 Å². The summed E-state index contributed by atoms with van der Waals surface area (Å²) in [6.07, 6.45) is 4.78. The Morgan fingerprint density at radius 3 is 2.62 bits per heavy atom. The number of aryl methyl sites for hydroxylation is 1. The maximum Gasteiger partial charge on any atom is 0.256 e. The largest absolute Gasteiger partial charge is 0.353 e. The Morgan fingerprint density at radius 1 is 1.18 bits per heavy atom. The van der Waals surface area contributed by atoms with Crippen molar-refractivity contribution in [2.24, 2.45) is 5.41 Å². The van der Waals surface area contributed by atoms with Crippen LogP contribution >= 0.6 is 11.6 Å². The van der Waals surface area contributed by atoms with Gasteiger partial charge in [-0.2, -0.15) is 5.10 Å². The fourth-order valence-corrected chi connectivity index (χ4v) is 5.44. The molecule has 1 aliphatic heterocycles. The van der Waals surface area contributed by atoms with Crippen molar-refractivity contribution >= 4 is 35.1 Å². The maximum absolute atomic E-state index is 14.6. The molecule has 8 nitrogen and oxygen atoms in total. The Labute approximate surface area is 230 Å². The summed E-state index contributed by atoms with van der Waals surface area (Å²) < 4.78 is 29.1. The summed E-state index contributed by atoms with van der Waals surface area (Å²) in [7, 11) is 0. The molecule has 3 N–H and O–H groups in total. The molecule has 1 aliphatic carbocycles. The van der Waals surface area contributed by atoms with Gasteiger partial charge < -0.3 is 15.5 Å². The molecule has 1 aromatic carbocycles. The molecule has 206 valence electrons. The molecular weight excluding hydrogens is 526 g/mol. The van der Waals surface area contributed by atoms with Crippen LogP contribution in [-0.4, -0.2) is 51.0 Å². The van der Waals surface area contributed by atoms with E-state index < -0.39 is 23.0 Å². The number of benzene rings is 1. The summed E-state index contributed by atoms with van der Waals surface area (Å²) in [4.78, 5) is 32.2. The van der Waals surface area contributed by atoms with Crippen molar-refractivity contribution in [3.8, 4) is 0 Å². The number of aromatic amines is 1. The summed E-state index contributed by atoms with van der Waals surface area (Å²) in [6.45, 7) is 2.54. The highest BCUT2D eigenvalue weighted by Crippen LogP contribution is 2.39. The molecule has 2 amide bonds. The molecule has 0 unspecified atom stereocenters. The highest BCUT2D eigenvalue weighted by atomic mass is 35.5. The molecule has 5 rings (SSSR count). The first-order chi connectivity index (χ1) is 18.7. The molecule has 3 heterocycles. The van der Waals surface area contributed by atoms with Gasteiger partial charge in [0.25, 0.3) is 5.91 Å². The van der Waals surface area contributed by atoms with Crippen LogP contribution in [0.3, 0.4) is 0 Å². The van der Waals surface area contributed by atoms with Gasteiger partial charge in [0.05, 0.1) is 10.6 Å². The number of carbonyl (C=O) groups is 2. The summed E-state index contributed by atoms with van der Waals surface area (Å²) in [5, 5.41) is 12.8. The summed E-state index contributed by atoms with van der Waals surface area (Å²) >= 11 is 5.89. The van der Waals surface area contributed by atoms with Crippen LogP contribution < -0.4 is 10.6 Å². The first-order valence-electron chi connectivity index (χ1n) is 13.2. The Morgan fingerprint density at radius 2 is 1.95 bits per heavy atom. The summed E-state index contributed by atoms with van der Waals surface area (Å²) in [6, 6.07) is 9.31. The minimum atomic E-state index is -0.733. The van der Waals surface area contributed by atoms with Crippen LogP contribution in [-0.2, 0) is 11.2 Å². The van der Waals surface area contributed by atoms with Crippen LogP contribution in [0.4, 0.5) is 20.4 Å². The quantitative estimate of drug-likeness (QED) is 0.349. The van der Waals surface area contributed by atoms with E-state index in [1.165, 1.54) is 18.2 Å². The summed E-state index contributed by atoms with van der Waals surface area (Å²) in [5.41, 5.74) is 0.887.